The first-order chi connectivity index (χ1) is 8.36. The Morgan fingerprint density at radius 2 is 2.06 bits per heavy atom. The Labute approximate surface area is 117 Å². The fourth-order valence-corrected chi connectivity index (χ4v) is 2.12. The molecule has 1 heterocycles. The fraction of sp³-hybridized carbons (Fsp3) is 0.615. The van der Waals surface area contributed by atoms with Crippen molar-refractivity contribution >= 4 is 22.6 Å². The van der Waals surface area contributed by atoms with E-state index in [1.54, 1.807) is 7.11 Å². The Hall–Kier alpha value is -0.360. The van der Waals surface area contributed by atoms with Gasteiger partial charge in [-0.05, 0) is 29.9 Å². The van der Waals surface area contributed by atoms with Crippen molar-refractivity contribution in [2.75, 3.05) is 18.1 Å². The number of methoxy groups -OCH3 is 1. The minimum Gasteiger partial charge on any atom is -0.481 e. The van der Waals surface area contributed by atoms with Gasteiger partial charge in [0.15, 0.2) is 0 Å². The molecule has 0 spiro atoms. The van der Waals surface area contributed by atoms with Gasteiger partial charge in [-0.25, -0.2) is 4.98 Å². The molecule has 0 amide bonds. The highest BCUT2D eigenvalue weighted by atomic mass is 127. The summed E-state index contributed by atoms with van der Waals surface area (Å²) < 4.78 is 6.36. The number of unbranched alkanes of at least 4 members (excludes halogenated alkanes) is 3. The van der Waals surface area contributed by atoms with E-state index in [-0.39, 0.29) is 0 Å². The van der Waals surface area contributed by atoms with Crippen molar-refractivity contribution in [2.45, 2.75) is 32.2 Å². The average molecular weight is 348 g/mol. The molecule has 1 N–H and O–H groups in total. The first-order valence-corrected chi connectivity index (χ1v) is 7.66. The van der Waals surface area contributed by atoms with Crippen molar-refractivity contribution in [1.29, 1.82) is 0 Å². The summed E-state index contributed by atoms with van der Waals surface area (Å²) in [5.74, 6) is 0.686. The predicted octanol–water partition coefficient (Wildman–Crippen LogP) is 3.18. The van der Waals surface area contributed by atoms with Crippen molar-refractivity contribution < 1.29 is 4.74 Å². The molecule has 0 fully saturated rings. The zero-order chi connectivity index (χ0) is 12.3. The van der Waals surface area contributed by atoms with Crippen LogP contribution in [0.1, 0.15) is 31.4 Å². The summed E-state index contributed by atoms with van der Waals surface area (Å²) in [4.78, 5) is 4.35. The van der Waals surface area contributed by atoms with Crippen LogP contribution in [0.15, 0.2) is 18.2 Å². The molecule has 0 atom stereocenters. The standard InChI is InChI=1S/C13H21IN2O/c1-17-13-8-6-7-12(16-13)11-15-10-5-3-2-4-9-14/h6-8,15H,2-5,9-11H2,1H3. The van der Waals surface area contributed by atoms with Gasteiger partial charge in [0.2, 0.25) is 5.88 Å². The summed E-state index contributed by atoms with van der Waals surface area (Å²) in [6.45, 7) is 1.89. The van der Waals surface area contributed by atoms with Gasteiger partial charge in [-0.3, -0.25) is 0 Å². The summed E-state index contributed by atoms with van der Waals surface area (Å²) in [5.41, 5.74) is 1.04. The Morgan fingerprint density at radius 3 is 2.82 bits per heavy atom. The van der Waals surface area contributed by atoms with E-state index in [0.717, 1.165) is 18.8 Å². The quantitative estimate of drug-likeness (QED) is 0.423. The van der Waals surface area contributed by atoms with Crippen LogP contribution < -0.4 is 10.1 Å². The van der Waals surface area contributed by atoms with E-state index in [2.05, 4.69) is 32.9 Å². The van der Waals surface area contributed by atoms with Crippen molar-refractivity contribution in [1.82, 2.24) is 10.3 Å². The summed E-state index contributed by atoms with van der Waals surface area (Å²) >= 11 is 2.43. The Bertz CT molecular complexity index is 307. The third kappa shape index (κ3) is 6.83. The third-order valence-electron chi connectivity index (χ3n) is 2.53. The minimum atomic E-state index is 0.686. The normalized spacial score (nSPS) is 10.5. The molecule has 0 unspecified atom stereocenters. The predicted molar refractivity (Wildman–Crippen MR) is 79.9 cm³/mol. The Balaban J connectivity index is 2.09. The lowest BCUT2D eigenvalue weighted by Crippen LogP contribution is -2.15. The van der Waals surface area contributed by atoms with Gasteiger partial charge in [-0.2, -0.15) is 0 Å². The molecule has 0 bridgehead atoms. The van der Waals surface area contributed by atoms with E-state index in [4.69, 9.17) is 4.74 Å². The van der Waals surface area contributed by atoms with Crippen LogP contribution in [0.3, 0.4) is 0 Å². The van der Waals surface area contributed by atoms with Gasteiger partial charge in [-0.1, -0.05) is 41.5 Å². The number of rotatable bonds is 9. The minimum absolute atomic E-state index is 0.686. The molecule has 96 valence electrons. The SMILES string of the molecule is COc1cccc(CNCCCCCCI)n1. The van der Waals surface area contributed by atoms with Crippen LogP contribution in [0, 0.1) is 0 Å². The summed E-state index contributed by atoms with van der Waals surface area (Å²) in [5, 5.41) is 3.41. The molecule has 0 saturated carbocycles. The highest BCUT2D eigenvalue weighted by Crippen LogP contribution is 2.06. The zero-order valence-corrected chi connectivity index (χ0v) is 12.6. The maximum atomic E-state index is 5.09. The van der Waals surface area contributed by atoms with Gasteiger partial charge in [0, 0.05) is 12.6 Å². The number of halogens is 1. The van der Waals surface area contributed by atoms with Gasteiger partial charge in [0.25, 0.3) is 0 Å². The van der Waals surface area contributed by atoms with Crippen molar-refractivity contribution in [3.63, 3.8) is 0 Å². The summed E-state index contributed by atoms with van der Waals surface area (Å²) in [6, 6.07) is 5.86. The van der Waals surface area contributed by atoms with Crippen LogP contribution >= 0.6 is 22.6 Å². The number of ether oxygens (including phenoxy) is 1. The maximum Gasteiger partial charge on any atom is 0.213 e. The molecular formula is C13H21IN2O. The van der Waals surface area contributed by atoms with Gasteiger partial charge < -0.3 is 10.1 Å². The molecule has 0 aliphatic rings. The number of hydrogen-bond acceptors (Lipinski definition) is 3. The van der Waals surface area contributed by atoms with Gasteiger partial charge in [0.1, 0.15) is 0 Å². The monoisotopic (exact) mass is 348 g/mol. The van der Waals surface area contributed by atoms with Gasteiger partial charge >= 0.3 is 0 Å². The first-order valence-electron chi connectivity index (χ1n) is 6.13. The lowest BCUT2D eigenvalue weighted by atomic mass is 10.2. The number of pyridine rings is 1. The molecule has 0 radical (unpaired) electrons. The lowest BCUT2D eigenvalue weighted by Gasteiger charge is -2.05. The number of nitrogens with zero attached hydrogens (tertiary/aromatic N) is 1. The van der Waals surface area contributed by atoms with Crippen molar-refractivity contribution in [3.05, 3.63) is 23.9 Å². The second-order valence-corrected chi connectivity index (χ2v) is 5.03. The second kappa shape index (κ2) is 9.65. The number of nitrogens with one attached hydrogen (secondary N) is 1. The van der Waals surface area contributed by atoms with Gasteiger partial charge in [-0.15, -0.1) is 0 Å². The molecule has 4 heteroatoms. The molecule has 1 aromatic heterocycles. The maximum absolute atomic E-state index is 5.09. The first kappa shape index (κ1) is 14.7. The Kier molecular flexibility index (Phi) is 8.34. The number of hydrogen-bond donors (Lipinski definition) is 1. The summed E-state index contributed by atoms with van der Waals surface area (Å²) in [6.07, 6.45) is 5.27. The molecule has 0 saturated heterocycles. The number of aromatic nitrogens is 1. The zero-order valence-electron chi connectivity index (χ0n) is 10.4. The van der Waals surface area contributed by atoms with E-state index >= 15 is 0 Å². The topological polar surface area (TPSA) is 34.1 Å². The highest BCUT2D eigenvalue weighted by molar-refractivity contribution is 14.1. The van der Waals surface area contributed by atoms with Crippen LogP contribution in [0.5, 0.6) is 5.88 Å². The molecule has 0 aliphatic carbocycles. The molecule has 0 aliphatic heterocycles. The Morgan fingerprint density at radius 1 is 1.24 bits per heavy atom. The van der Waals surface area contributed by atoms with E-state index in [1.165, 1.54) is 30.1 Å². The largest absolute Gasteiger partial charge is 0.481 e. The average Bonchev–Trinajstić information content (AvgIpc) is 2.38. The molecule has 3 nitrogen and oxygen atoms in total. The van der Waals surface area contributed by atoms with Crippen LogP contribution in [-0.2, 0) is 6.54 Å². The van der Waals surface area contributed by atoms with Crippen molar-refractivity contribution in [3.8, 4) is 5.88 Å². The van der Waals surface area contributed by atoms with E-state index in [9.17, 15) is 0 Å². The van der Waals surface area contributed by atoms with Crippen LogP contribution in [0.4, 0.5) is 0 Å². The molecule has 1 rings (SSSR count). The van der Waals surface area contributed by atoms with E-state index < -0.39 is 0 Å². The van der Waals surface area contributed by atoms with Crippen LogP contribution in [-0.4, -0.2) is 23.1 Å². The molecule has 17 heavy (non-hydrogen) atoms. The molecule has 0 aromatic carbocycles. The number of alkyl halides is 1. The fourth-order valence-electron chi connectivity index (χ4n) is 1.58. The van der Waals surface area contributed by atoms with Crippen LogP contribution in [0.2, 0.25) is 0 Å². The van der Waals surface area contributed by atoms with E-state index in [0.29, 0.717) is 5.88 Å². The lowest BCUT2D eigenvalue weighted by molar-refractivity contribution is 0.395. The van der Waals surface area contributed by atoms with Gasteiger partial charge in [0.05, 0.1) is 12.8 Å². The summed E-state index contributed by atoms with van der Waals surface area (Å²) in [7, 11) is 1.65. The van der Waals surface area contributed by atoms with E-state index in [1.807, 2.05) is 18.2 Å². The third-order valence-corrected chi connectivity index (χ3v) is 3.30. The second-order valence-electron chi connectivity index (χ2n) is 3.95. The smallest absolute Gasteiger partial charge is 0.213 e. The molecule has 1 aromatic rings. The van der Waals surface area contributed by atoms with Crippen molar-refractivity contribution in [2.24, 2.45) is 0 Å². The molecular weight excluding hydrogens is 327 g/mol. The van der Waals surface area contributed by atoms with Crippen LogP contribution in [0.25, 0.3) is 0 Å². The highest BCUT2D eigenvalue weighted by Gasteiger charge is 1.96.